The third-order valence-corrected chi connectivity index (χ3v) is 3.26. The molecule has 1 aliphatic heterocycles. The molecule has 1 aliphatic rings. The number of benzene rings is 1. The summed E-state index contributed by atoms with van der Waals surface area (Å²) in [6.45, 7) is 2.22. The van der Waals surface area contributed by atoms with Gasteiger partial charge in [0.15, 0.2) is 6.61 Å². The van der Waals surface area contributed by atoms with E-state index >= 15 is 0 Å². The van der Waals surface area contributed by atoms with E-state index in [4.69, 9.17) is 16.3 Å². The smallest absolute Gasteiger partial charge is 0.265 e. The molecular formula is C14H16ClNO3. The molecule has 0 aliphatic carbocycles. The molecule has 0 unspecified atom stereocenters. The van der Waals surface area contributed by atoms with Crippen molar-refractivity contribution >= 4 is 29.0 Å². The maximum Gasteiger partial charge on any atom is 0.265 e. The second-order valence-corrected chi connectivity index (χ2v) is 5.04. The lowest BCUT2D eigenvalue weighted by molar-refractivity contribution is -0.121. The topological polar surface area (TPSA) is 46.6 Å². The first-order chi connectivity index (χ1) is 9.08. The first-order valence-corrected chi connectivity index (χ1v) is 6.68. The maximum absolute atomic E-state index is 11.9. The van der Waals surface area contributed by atoms with E-state index < -0.39 is 0 Å². The van der Waals surface area contributed by atoms with E-state index in [1.54, 1.807) is 30.0 Å². The van der Waals surface area contributed by atoms with Gasteiger partial charge in [-0.05, 0) is 38.0 Å². The van der Waals surface area contributed by atoms with Gasteiger partial charge in [0.25, 0.3) is 5.91 Å². The summed E-state index contributed by atoms with van der Waals surface area (Å²) in [7, 11) is 0. The van der Waals surface area contributed by atoms with E-state index in [9.17, 15) is 9.59 Å². The van der Waals surface area contributed by atoms with Crippen molar-refractivity contribution in [2.24, 2.45) is 0 Å². The number of amides is 1. The lowest BCUT2D eigenvalue weighted by Crippen LogP contribution is -2.39. The molecule has 102 valence electrons. The first kappa shape index (κ1) is 13.9. The largest absolute Gasteiger partial charge is 0.482 e. The molecule has 0 aromatic heterocycles. The Bertz CT molecular complexity index is 501. The highest BCUT2D eigenvalue weighted by Crippen LogP contribution is 2.34. The van der Waals surface area contributed by atoms with Crippen molar-refractivity contribution in [3.8, 4) is 5.75 Å². The van der Waals surface area contributed by atoms with E-state index in [0.717, 1.165) is 12.8 Å². The van der Waals surface area contributed by atoms with Crippen LogP contribution in [0.15, 0.2) is 18.2 Å². The van der Waals surface area contributed by atoms with Gasteiger partial charge in [-0.3, -0.25) is 4.79 Å². The molecular weight excluding hydrogens is 266 g/mol. The molecule has 2 rings (SSSR count). The van der Waals surface area contributed by atoms with Gasteiger partial charge in [0.05, 0.1) is 5.69 Å². The van der Waals surface area contributed by atoms with Gasteiger partial charge in [0.1, 0.15) is 11.5 Å². The Morgan fingerprint density at radius 1 is 1.42 bits per heavy atom. The van der Waals surface area contributed by atoms with Crippen molar-refractivity contribution in [3.05, 3.63) is 23.2 Å². The Kier molecular flexibility index (Phi) is 4.43. The summed E-state index contributed by atoms with van der Waals surface area (Å²) in [6, 6.07) is 5.25. The molecule has 4 nitrogen and oxygen atoms in total. The minimum Gasteiger partial charge on any atom is -0.482 e. The number of halogens is 1. The van der Waals surface area contributed by atoms with Crippen molar-refractivity contribution in [3.63, 3.8) is 0 Å². The molecule has 19 heavy (non-hydrogen) atoms. The number of hydrogen-bond acceptors (Lipinski definition) is 3. The molecule has 5 heteroatoms. The van der Waals surface area contributed by atoms with Crippen LogP contribution in [-0.2, 0) is 9.59 Å². The number of anilines is 1. The Morgan fingerprint density at radius 2 is 2.21 bits per heavy atom. The quantitative estimate of drug-likeness (QED) is 0.780. The number of ether oxygens (including phenoxy) is 1. The van der Waals surface area contributed by atoms with Crippen LogP contribution in [0.5, 0.6) is 5.75 Å². The Hall–Kier alpha value is -1.55. The Labute approximate surface area is 117 Å². The van der Waals surface area contributed by atoms with Crippen molar-refractivity contribution in [2.45, 2.75) is 26.2 Å². The molecule has 1 heterocycles. The van der Waals surface area contributed by atoms with Gasteiger partial charge in [0, 0.05) is 18.0 Å². The summed E-state index contributed by atoms with van der Waals surface area (Å²) in [5.74, 6) is 0.782. The summed E-state index contributed by atoms with van der Waals surface area (Å²) in [4.78, 5) is 24.5. The van der Waals surface area contributed by atoms with Crippen LogP contribution in [0, 0.1) is 0 Å². The number of carbonyl (C=O) groups excluding carboxylic acids is 2. The molecule has 0 radical (unpaired) electrons. The molecule has 0 N–H and O–H groups in total. The van der Waals surface area contributed by atoms with Gasteiger partial charge < -0.3 is 14.4 Å². The molecule has 0 spiro atoms. The number of ketones is 1. The lowest BCUT2D eigenvalue weighted by atomic mass is 10.1. The molecule has 0 bridgehead atoms. The standard InChI is InChI=1S/C14H16ClNO3/c1-10(17)4-2-3-7-16-12-8-11(15)5-6-13(12)19-9-14(16)18/h5-6,8H,2-4,7,9H2,1H3. The zero-order chi connectivity index (χ0) is 13.8. The second kappa shape index (κ2) is 6.06. The van der Waals surface area contributed by atoms with Gasteiger partial charge in [-0.1, -0.05) is 11.6 Å². The second-order valence-electron chi connectivity index (χ2n) is 4.61. The van der Waals surface area contributed by atoms with Crippen molar-refractivity contribution in [1.29, 1.82) is 0 Å². The molecule has 1 aromatic rings. The lowest BCUT2D eigenvalue weighted by Gasteiger charge is -2.29. The zero-order valence-electron chi connectivity index (χ0n) is 10.8. The van der Waals surface area contributed by atoms with E-state index in [-0.39, 0.29) is 18.3 Å². The predicted octanol–water partition coefficient (Wildman–Crippen LogP) is 2.82. The molecule has 0 saturated carbocycles. The number of fused-ring (bicyclic) bond motifs is 1. The zero-order valence-corrected chi connectivity index (χ0v) is 11.6. The summed E-state index contributed by atoms with van der Waals surface area (Å²) in [5, 5.41) is 0.575. The van der Waals surface area contributed by atoms with E-state index in [0.29, 0.717) is 29.4 Å². The van der Waals surface area contributed by atoms with Crippen LogP contribution < -0.4 is 9.64 Å². The average molecular weight is 282 g/mol. The van der Waals surface area contributed by atoms with Gasteiger partial charge in [-0.25, -0.2) is 0 Å². The van der Waals surface area contributed by atoms with Crippen molar-refractivity contribution in [2.75, 3.05) is 18.1 Å². The monoisotopic (exact) mass is 281 g/mol. The van der Waals surface area contributed by atoms with Gasteiger partial charge in [-0.2, -0.15) is 0 Å². The van der Waals surface area contributed by atoms with Gasteiger partial charge >= 0.3 is 0 Å². The highest BCUT2D eigenvalue weighted by atomic mass is 35.5. The molecule has 1 aromatic carbocycles. The predicted molar refractivity (Wildman–Crippen MR) is 73.8 cm³/mol. The van der Waals surface area contributed by atoms with Crippen molar-refractivity contribution in [1.82, 2.24) is 0 Å². The fraction of sp³-hybridized carbons (Fsp3) is 0.429. The molecule has 0 saturated heterocycles. The fourth-order valence-corrected chi connectivity index (χ4v) is 2.23. The number of hydrogen-bond donors (Lipinski definition) is 0. The van der Waals surface area contributed by atoms with E-state index in [1.165, 1.54) is 0 Å². The third-order valence-electron chi connectivity index (χ3n) is 3.02. The minimum absolute atomic E-state index is 0.0569. The summed E-state index contributed by atoms with van der Waals surface area (Å²) < 4.78 is 5.36. The summed E-state index contributed by atoms with van der Waals surface area (Å²) in [5.41, 5.74) is 0.714. The maximum atomic E-state index is 11.9. The average Bonchev–Trinajstić information content (AvgIpc) is 2.36. The van der Waals surface area contributed by atoms with Gasteiger partial charge in [-0.15, -0.1) is 0 Å². The van der Waals surface area contributed by atoms with Crippen molar-refractivity contribution < 1.29 is 14.3 Å². The van der Waals surface area contributed by atoms with Crippen LogP contribution in [0.4, 0.5) is 5.69 Å². The Morgan fingerprint density at radius 3 is 2.95 bits per heavy atom. The van der Waals surface area contributed by atoms with Crippen LogP contribution >= 0.6 is 11.6 Å². The Balaban J connectivity index is 2.05. The number of rotatable bonds is 5. The van der Waals surface area contributed by atoms with E-state index in [2.05, 4.69) is 0 Å². The minimum atomic E-state index is -0.0717. The number of Topliss-reactive ketones (excluding diaryl/α,β-unsaturated/α-hetero) is 1. The third kappa shape index (κ3) is 3.47. The number of carbonyl (C=O) groups is 2. The number of nitrogens with zero attached hydrogens (tertiary/aromatic N) is 1. The molecule has 1 amide bonds. The molecule has 0 fully saturated rings. The highest BCUT2D eigenvalue weighted by Gasteiger charge is 2.25. The van der Waals surface area contributed by atoms with E-state index in [1.807, 2.05) is 0 Å². The fourth-order valence-electron chi connectivity index (χ4n) is 2.06. The normalized spacial score (nSPS) is 14.0. The summed E-state index contributed by atoms with van der Waals surface area (Å²) in [6.07, 6.45) is 2.13. The molecule has 0 atom stereocenters. The highest BCUT2D eigenvalue weighted by molar-refractivity contribution is 6.31. The number of unbranched alkanes of at least 4 members (excludes halogenated alkanes) is 1. The van der Waals surface area contributed by atoms with Crippen LogP contribution in [-0.4, -0.2) is 24.8 Å². The van der Waals surface area contributed by atoms with Crippen LogP contribution in [0.25, 0.3) is 0 Å². The summed E-state index contributed by atoms with van der Waals surface area (Å²) >= 11 is 5.95. The van der Waals surface area contributed by atoms with Crippen LogP contribution in [0.2, 0.25) is 5.02 Å². The SMILES string of the molecule is CC(=O)CCCCN1C(=O)COc2ccc(Cl)cc21. The first-order valence-electron chi connectivity index (χ1n) is 6.30. The van der Waals surface area contributed by atoms with Crippen LogP contribution in [0.1, 0.15) is 26.2 Å². The van der Waals surface area contributed by atoms with Crippen LogP contribution in [0.3, 0.4) is 0 Å². The van der Waals surface area contributed by atoms with Gasteiger partial charge in [0.2, 0.25) is 0 Å².